The number of hydrogen-bond donors (Lipinski definition) is 2. The molecule has 0 aliphatic carbocycles. The second-order valence-electron chi connectivity index (χ2n) is 6.09. The largest absolute Gasteiger partial charge is 0.416 e. The zero-order chi connectivity index (χ0) is 21.2. The molecule has 0 aliphatic rings. The molecule has 0 aliphatic heterocycles. The maximum Gasteiger partial charge on any atom is 0.416 e. The highest BCUT2D eigenvalue weighted by Crippen LogP contribution is 2.30. The van der Waals surface area contributed by atoms with Crippen molar-refractivity contribution in [3.8, 4) is 16.9 Å². The molecule has 0 fully saturated rings. The molecule has 0 unspecified atom stereocenters. The van der Waals surface area contributed by atoms with Gasteiger partial charge < -0.3 is 10.4 Å². The molecule has 3 aromatic rings. The van der Waals surface area contributed by atoms with Crippen LogP contribution in [0.5, 0.6) is 0 Å². The number of hydrogen-bond acceptors (Lipinski definition) is 5. The first-order valence-corrected chi connectivity index (χ1v) is 8.41. The number of aliphatic hydroxyl groups is 1. The third-order valence-corrected chi connectivity index (χ3v) is 4.00. The summed E-state index contributed by atoms with van der Waals surface area (Å²) in [4.78, 5) is 25.1. The number of alkyl halides is 3. The van der Waals surface area contributed by atoms with E-state index < -0.39 is 23.2 Å². The fraction of sp³-hybridized carbons (Fsp3) is 0.222. The molecule has 8 nitrogen and oxygen atoms in total. The first-order valence-electron chi connectivity index (χ1n) is 8.41. The van der Waals surface area contributed by atoms with Crippen molar-refractivity contribution in [3.63, 3.8) is 0 Å². The average molecular weight is 407 g/mol. The van der Waals surface area contributed by atoms with Crippen LogP contribution in [0.25, 0.3) is 16.9 Å². The molecule has 29 heavy (non-hydrogen) atoms. The summed E-state index contributed by atoms with van der Waals surface area (Å²) < 4.78 is 40.8. The molecule has 0 saturated heterocycles. The normalized spacial score (nSPS) is 11.5. The molecule has 3 rings (SSSR count). The van der Waals surface area contributed by atoms with Crippen LogP contribution >= 0.6 is 0 Å². The Balaban J connectivity index is 2.14. The van der Waals surface area contributed by atoms with Crippen LogP contribution in [0.2, 0.25) is 0 Å². The molecule has 152 valence electrons. The highest BCUT2D eigenvalue weighted by molar-refractivity contribution is 5.94. The Morgan fingerprint density at radius 1 is 1.24 bits per heavy atom. The summed E-state index contributed by atoms with van der Waals surface area (Å²) in [6.07, 6.45) is -1.63. The highest BCUT2D eigenvalue weighted by Gasteiger charge is 2.30. The molecule has 0 spiro atoms. The van der Waals surface area contributed by atoms with Crippen LogP contribution < -0.4 is 10.9 Å². The van der Waals surface area contributed by atoms with E-state index in [1.807, 2.05) is 0 Å². The topological polar surface area (TPSA) is 102 Å². The van der Waals surface area contributed by atoms with Gasteiger partial charge in [0.25, 0.3) is 11.5 Å². The fourth-order valence-electron chi connectivity index (χ4n) is 2.59. The predicted octanol–water partition coefficient (Wildman–Crippen LogP) is 1.37. The second kappa shape index (κ2) is 7.87. The van der Waals surface area contributed by atoms with Crippen molar-refractivity contribution < 1.29 is 23.1 Å². The third kappa shape index (κ3) is 4.35. The first kappa shape index (κ1) is 20.3. The van der Waals surface area contributed by atoms with Gasteiger partial charge in [0.2, 0.25) is 0 Å². The molecule has 2 heterocycles. The minimum atomic E-state index is -4.49. The number of amides is 1. The smallest absolute Gasteiger partial charge is 0.395 e. The van der Waals surface area contributed by atoms with Gasteiger partial charge in [0.15, 0.2) is 0 Å². The second-order valence-corrected chi connectivity index (χ2v) is 6.09. The van der Waals surface area contributed by atoms with E-state index in [2.05, 4.69) is 15.5 Å². The molecular formula is C18H16F3N5O3. The fourth-order valence-corrected chi connectivity index (χ4v) is 2.59. The van der Waals surface area contributed by atoms with Crippen LogP contribution in [0.15, 0.2) is 47.5 Å². The van der Waals surface area contributed by atoms with E-state index >= 15 is 0 Å². The number of aromatic nitrogens is 4. The van der Waals surface area contributed by atoms with Gasteiger partial charge in [0.05, 0.1) is 30.3 Å². The zero-order valence-electron chi connectivity index (χ0n) is 15.1. The van der Waals surface area contributed by atoms with Crippen molar-refractivity contribution in [3.05, 3.63) is 64.2 Å². The summed E-state index contributed by atoms with van der Waals surface area (Å²) in [6.45, 7) is -0.386. The Kier molecular flexibility index (Phi) is 5.50. The van der Waals surface area contributed by atoms with Gasteiger partial charge in [-0.2, -0.15) is 28.1 Å². The van der Waals surface area contributed by atoms with Gasteiger partial charge in [-0.25, -0.2) is 0 Å². The average Bonchev–Trinajstić information content (AvgIpc) is 3.11. The van der Waals surface area contributed by atoms with Crippen molar-refractivity contribution in [2.24, 2.45) is 7.05 Å². The number of carbonyl (C=O) groups excluding carboxylic acids is 1. The number of nitrogens with one attached hydrogen (secondary N) is 1. The summed E-state index contributed by atoms with van der Waals surface area (Å²) in [6, 6.07) is 5.39. The Labute approximate surface area is 162 Å². The van der Waals surface area contributed by atoms with E-state index in [-0.39, 0.29) is 35.7 Å². The minimum absolute atomic E-state index is 0.0664. The van der Waals surface area contributed by atoms with Gasteiger partial charge in [0.1, 0.15) is 11.3 Å². The lowest BCUT2D eigenvalue weighted by Gasteiger charge is -2.11. The number of aryl methyl sites for hydroxylation is 1. The van der Waals surface area contributed by atoms with Crippen molar-refractivity contribution >= 4 is 5.91 Å². The van der Waals surface area contributed by atoms with Crippen molar-refractivity contribution in [2.75, 3.05) is 13.2 Å². The Morgan fingerprint density at radius 2 is 1.93 bits per heavy atom. The molecule has 11 heteroatoms. The molecule has 0 atom stereocenters. The Morgan fingerprint density at radius 3 is 2.48 bits per heavy atom. The van der Waals surface area contributed by atoms with Crippen LogP contribution in [-0.4, -0.2) is 43.7 Å². The van der Waals surface area contributed by atoms with Gasteiger partial charge in [-0.15, -0.1) is 0 Å². The van der Waals surface area contributed by atoms with Gasteiger partial charge in [0, 0.05) is 19.2 Å². The van der Waals surface area contributed by atoms with E-state index in [0.717, 1.165) is 16.8 Å². The molecule has 0 bridgehead atoms. The monoisotopic (exact) mass is 407 g/mol. The number of benzene rings is 1. The van der Waals surface area contributed by atoms with Crippen LogP contribution in [0, 0.1) is 0 Å². The van der Waals surface area contributed by atoms with E-state index in [1.54, 1.807) is 7.05 Å². The first-order chi connectivity index (χ1) is 13.7. The quantitative estimate of drug-likeness (QED) is 0.665. The van der Waals surface area contributed by atoms with Crippen molar-refractivity contribution in [2.45, 2.75) is 6.18 Å². The lowest BCUT2D eigenvalue weighted by atomic mass is 10.1. The summed E-state index contributed by atoms with van der Waals surface area (Å²) in [5.41, 5.74) is -1.15. The van der Waals surface area contributed by atoms with E-state index in [0.29, 0.717) is 0 Å². The number of nitrogens with zero attached hydrogens (tertiary/aromatic N) is 4. The lowest BCUT2D eigenvalue weighted by Crippen LogP contribution is -2.35. The standard InChI is InChI=1S/C18H16F3N5O3/c1-25-10-13(9-23-25)26-17(29)14(16(28)22-6-7-27)8-15(24-26)11-2-4-12(5-3-11)18(19,20)21/h2-5,8-10,27H,6-7H2,1H3,(H,22,28). The third-order valence-electron chi connectivity index (χ3n) is 4.00. The molecular weight excluding hydrogens is 391 g/mol. The van der Waals surface area contributed by atoms with Crippen LogP contribution in [0.1, 0.15) is 15.9 Å². The number of rotatable bonds is 5. The van der Waals surface area contributed by atoms with Crippen molar-refractivity contribution in [1.29, 1.82) is 0 Å². The molecule has 0 radical (unpaired) electrons. The number of aliphatic hydroxyl groups excluding tert-OH is 1. The maximum absolute atomic E-state index is 12.8. The minimum Gasteiger partial charge on any atom is -0.395 e. The molecule has 2 N–H and O–H groups in total. The van der Waals surface area contributed by atoms with Gasteiger partial charge in [-0.1, -0.05) is 12.1 Å². The Hall–Kier alpha value is -3.47. The van der Waals surface area contributed by atoms with E-state index in [4.69, 9.17) is 5.11 Å². The van der Waals surface area contributed by atoms with Gasteiger partial charge in [-0.3, -0.25) is 14.3 Å². The summed E-state index contributed by atoms with van der Waals surface area (Å²) in [5, 5.41) is 19.4. The van der Waals surface area contributed by atoms with Gasteiger partial charge >= 0.3 is 6.18 Å². The van der Waals surface area contributed by atoms with Crippen molar-refractivity contribution in [1.82, 2.24) is 24.9 Å². The number of halogens is 3. The predicted molar refractivity (Wildman–Crippen MR) is 96.5 cm³/mol. The van der Waals surface area contributed by atoms with E-state index in [1.165, 1.54) is 35.3 Å². The molecule has 1 aromatic carbocycles. The lowest BCUT2D eigenvalue weighted by molar-refractivity contribution is -0.137. The number of carbonyl (C=O) groups is 1. The Bertz CT molecular complexity index is 1090. The summed E-state index contributed by atoms with van der Waals surface area (Å²) in [5.74, 6) is -0.739. The molecule has 0 saturated carbocycles. The SMILES string of the molecule is Cn1cc(-n2nc(-c3ccc(C(F)(F)F)cc3)cc(C(=O)NCCO)c2=O)cn1. The van der Waals surface area contributed by atoms with Crippen LogP contribution in [0.4, 0.5) is 13.2 Å². The maximum atomic E-state index is 12.8. The molecule has 2 aromatic heterocycles. The summed E-state index contributed by atoms with van der Waals surface area (Å²) in [7, 11) is 1.63. The zero-order valence-corrected chi connectivity index (χ0v) is 15.1. The summed E-state index contributed by atoms with van der Waals surface area (Å²) >= 11 is 0. The molecule has 1 amide bonds. The van der Waals surface area contributed by atoms with Crippen LogP contribution in [0.3, 0.4) is 0 Å². The van der Waals surface area contributed by atoms with Crippen LogP contribution in [-0.2, 0) is 13.2 Å². The highest BCUT2D eigenvalue weighted by atomic mass is 19.4. The van der Waals surface area contributed by atoms with E-state index in [9.17, 15) is 22.8 Å². The van der Waals surface area contributed by atoms with Gasteiger partial charge in [-0.05, 0) is 18.2 Å².